The average molecular weight is 220 g/mol. The summed E-state index contributed by atoms with van der Waals surface area (Å²) in [5, 5.41) is 5.85. The Bertz CT molecular complexity index is 446. The van der Waals surface area contributed by atoms with E-state index < -0.39 is 0 Å². The Labute approximate surface area is 96.2 Å². The first-order chi connectivity index (χ1) is 6.92. The van der Waals surface area contributed by atoms with Crippen LogP contribution in [0.5, 0.6) is 0 Å². The topological polar surface area (TPSA) is 12.0 Å². The van der Waals surface area contributed by atoms with Gasteiger partial charge in [-0.2, -0.15) is 0 Å². The minimum atomic E-state index is 0. The first-order valence-electron chi connectivity index (χ1n) is 4.74. The molecule has 2 aromatic rings. The number of benzene rings is 2. The van der Waals surface area contributed by atoms with Gasteiger partial charge in [0, 0.05) is 17.6 Å². The summed E-state index contributed by atoms with van der Waals surface area (Å²) in [7, 11) is 0. The Hall–Kier alpha value is -1.47. The van der Waals surface area contributed by atoms with Gasteiger partial charge in [0.1, 0.15) is 0 Å². The lowest BCUT2D eigenvalue weighted by atomic mass is 10.1. The predicted molar refractivity (Wildman–Crippen MR) is 69.9 cm³/mol. The Morgan fingerprint density at radius 1 is 1.07 bits per heavy atom. The fourth-order valence-corrected chi connectivity index (χ4v) is 1.56. The molecule has 0 radical (unpaired) electrons. The lowest BCUT2D eigenvalue weighted by Gasteiger charge is -2.07. The van der Waals surface area contributed by atoms with Gasteiger partial charge in [-0.15, -0.1) is 19.0 Å². The van der Waals surface area contributed by atoms with Gasteiger partial charge >= 0.3 is 0 Å². The van der Waals surface area contributed by atoms with E-state index in [2.05, 4.69) is 54.4 Å². The van der Waals surface area contributed by atoms with Gasteiger partial charge in [0.25, 0.3) is 0 Å². The van der Waals surface area contributed by atoms with E-state index in [1.807, 2.05) is 6.08 Å². The summed E-state index contributed by atoms with van der Waals surface area (Å²) in [5.41, 5.74) is 1.17. The molecule has 0 spiro atoms. The molecule has 2 rings (SSSR count). The number of anilines is 1. The van der Waals surface area contributed by atoms with E-state index in [1.165, 1.54) is 16.5 Å². The molecule has 1 N–H and O–H groups in total. The van der Waals surface area contributed by atoms with E-state index in [-0.39, 0.29) is 12.4 Å². The zero-order valence-electron chi connectivity index (χ0n) is 8.44. The molecule has 0 saturated heterocycles. The van der Waals surface area contributed by atoms with Crippen molar-refractivity contribution in [2.45, 2.75) is 0 Å². The van der Waals surface area contributed by atoms with Crippen LogP contribution in [0, 0.1) is 0 Å². The van der Waals surface area contributed by atoms with E-state index in [0.717, 1.165) is 6.54 Å². The summed E-state index contributed by atoms with van der Waals surface area (Å²) >= 11 is 0. The number of halogens is 1. The second-order valence-electron chi connectivity index (χ2n) is 3.20. The molecule has 0 aliphatic heterocycles. The Morgan fingerprint density at radius 2 is 1.80 bits per heavy atom. The maximum Gasteiger partial charge on any atom is 0.0422 e. The van der Waals surface area contributed by atoms with Crippen LogP contribution in [0.1, 0.15) is 0 Å². The van der Waals surface area contributed by atoms with E-state index in [9.17, 15) is 0 Å². The van der Waals surface area contributed by atoms with Crippen LogP contribution < -0.4 is 5.32 Å². The van der Waals surface area contributed by atoms with Crippen molar-refractivity contribution in [1.82, 2.24) is 0 Å². The molecule has 0 unspecified atom stereocenters. The van der Waals surface area contributed by atoms with Gasteiger partial charge in [0.2, 0.25) is 0 Å². The molecular weight excluding hydrogens is 206 g/mol. The third-order valence-corrected chi connectivity index (χ3v) is 2.23. The molecule has 0 saturated carbocycles. The highest BCUT2D eigenvalue weighted by Gasteiger charge is 1.96. The van der Waals surface area contributed by atoms with Gasteiger partial charge in [-0.1, -0.05) is 42.5 Å². The van der Waals surface area contributed by atoms with Crippen LogP contribution in [0.4, 0.5) is 5.69 Å². The van der Waals surface area contributed by atoms with Crippen molar-refractivity contribution >= 4 is 28.9 Å². The van der Waals surface area contributed by atoms with E-state index in [1.54, 1.807) is 0 Å². The molecule has 2 aromatic carbocycles. The SMILES string of the molecule is C=CCNc1cccc2ccccc12.Cl. The molecule has 0 aromatic heterocycles. The third kappa shape index (κ3) is 2.51. The number of hydrogen-bond acceptors (Lipinski definition) is 1. The normalized spacial score (nSPS) is 9.33. The quantitative estimate of drug-likeness (QED) is 0.773. The minimum absolute atomic E-state index is 0. The van der Waals surface area contributed by atoms with Crippen molar-refractivity contribution in [2.75, 3.05) is 11.9 Å². The van der Waals surface area contributed by atoms with Crippen LogP contribution >= 0.6 is 12.4 Å². The van der Waals surface area contributed by atoms with Gasteiger partial charge in [-0.05, 0) is 11.5 Å². The van der Waals surface area contributed by atoms with Crippen molar-refractivity contribution in [3.8, 4) is 0 Å². The maximum absolute atomic E-state index is 3.69. The van der Waals surface area contributed by atoms with Crippen molar-refractivity contribution < 1.29 is 0 Å². The molecular formula is C13H14ClN. The second-order valence-corrected chi connectivity index (χ2v) is 3.20. The van der Waals surface area contributed by atoms with E-state index in [0.29, 0.717) is 0 Å². The van der Waals surface area contributed by atoms with Crippen LogP contribution in [0.3, 0.4) is 0 Å². The number of hydrogen-bond donors (Lipinski definition) is 1. The van der Waals surface area contributed by atoms with Gasteiger partial charge in [0.15, 0.2) is 0 Å². The molecule has 15 heavy (non-hydrogen) atoms. The van der Waals surface area contributed by atoms with Gasteiger partial charge in [0.05, 0.1) is 0 Å². The summed E-state index contributed by atoms with van der Waals surface area (Å²) in [6.07, 6.45) is 1.86. The highest BCUT2D eigenvalue weighted by Crippen LogP contribution is 2.22. The Kier molecular flexibility index (Phi) is 4.19. The Morgan fingerprint density at radius 3 is 2.60 bits per heavy atom. The van der Waals surface area contributed by atoms with Crippen LogP contribution in [0.25, 0.3) is 10.8 Å². The number of rotatable bonds is 3. The molecule has 0 heterocycles. The molecule has 0 bridgehead atoms. The van der Waals surface area contributed by atoms with Crippen LogP contribution in [-0.2, 0) is 0 Å². The number of fused-ring (bicyclic) bond motifs is 1. The van der Waals surface area contributed by atoms with Gasteiger partial charge < -0.3 is 5.32 Å². The van der Waals surface area contributed by atoms with Crippen LogP contribution in [0.15, 0.2) is 55.1 Å². The molecule has 2 heteroatoms. The summed E-state index contributed by atoms with van der Waals surface area (Å²) in [6.45, 7) is 4.49. The zero-order valence-corrected chi connectivity index (χ0v) is 9.26. The highest BCUT2D eigenvalue weighted by molar-refractivity contribution is 5.93. The van der Waals surface area contributed by atoms with E-state index >= 15 is 0 Å². The van der Waals surface area contributed by atoms with Crippen molar-refractivity contribution in [3.05, 3.63) is 55.1 Å². The fourth-order valence-electron chi connectivity index (χ4n) is 1.56. The molecule has 78 valence electrons. The molecule has 0 atom stereocenters. The molecule has 0 fully saturated rings. The third-order valence-electron chi connectivity index (χ3n) is 2.23. The summed E-state index contributed by atoms with van der Waals surface area (Å²) in [6, 6.07) is 14.6. The van der Waals surface area contributed by atoms with Crippen LogP contribution in [-0.4, -0.2) is 6.54 Å². The lowest BCUT2D eigenvalue weighted by Crippen LogP contribution is -1.97. The second kappa shape index (κ2) is 5.42. The molecule has 0 amide bonds. The van der Waals surface area contributed by atoms with Crippen LogP contribution in [0.2, 0.25) is 0 Å². The Balaban J connectivity index is 0.00000112. The summed E-state index contributed by atoms with van der Waals surface area (Å²) < 4.78 is 0. The maximum atomic E-state index is 3.69. The average Bonchev–Trinajstić information content (AvgIpc) is 2.26. The lowest BCUT2D eigenvalue weighted by molar-refractivity contribution is 1.36. The largest absolute Gasteiger partial charge is 0.381 e. The first kappa shape index (κ1) is 11.6. The molecule has 1 nitrogen and oxygen atoms in total. The van der Waals surface area contributed by atoms with E-state index in [4.69, 9.17) is 0 Å². The monoisotopic (exact) mass is 219 g/mol. The number of nitrogens with one attached hydrogen (secondary N) is 1. The summed E-state index contributed by atoms with van der Waals surface area (Å²) in [5.74, 6) is 0. The van der Waals surface area contributed by atoms with Gasteiger partial charge in [-0.25, -0.2) is 0 Å². The highest BCUT2D eigenvalue weighted by atomic mass is 35.5. The van der Waals surface area contributed by atoms with Crippen molar-refractivity contribution in [2.24, 2.45) is 0 Å². The minimum Gasteiger partial charge on any atom is -0.381 e. The smallest absolute Gasteiger partial charge is 0.0422 e. The molecule has 0 aliphatic rings. The standard InChI is InChI=1S/C13H13N.ClH/c1-2-10-14-13-9-5-7-11-6-3-4-8-12(11)13;/h2-9,14H,1,10H2;1H. The van der Waals surface area contributed by atoms with Crippen molar-refractivity contribution in [1.29, 1.82) is 0 Å². The predicted octanol–water partition coefficient (Wildman–Crippen LogP) is 3.86. The zero-order chi connectivity index (χ0) is 9.80. The van der Waals surface area contributed by atoms with Crippen molar-refractivity contribution in [3.63, 3.8) is 0 Å². The summed E-state index contributed by atoms with van der Waals surface area (Å²) in [4.78, 5) is 0. The molecule has 0 aliphatic carbocycles. The van der Waals surface area contributed by atoms with Gasteiger partial charge in [-0.3, -0.25) is 0 Å². The fraction of sp³-hybridized carbons (Fsp3) is 0.0769. The first-order valence-corrected chi connectivity index (χ1v) is 4.74.